The highest BCUT2D eigenvalue weighted by Gasteiger charge is 2.11. The van der Waals surface area contributed by atoms with Gasteiger partial charge in [0.05, 0.1) is 11.6 Å². The van der Waals surface area contributed by atoms with Gasteiger partial charge in [-0.25, -0.2) is 0 Å². The van der Waals surface area contributed by atoms with Crippen molar-refractivity contribution in [3.8, 4) is 5.75 Å². The molecular formula is C13H16Cl2O3. The van der Waals surface area contributed by atoms with E-state index < -0.39 is 5.97 Å². The summed E-state index contributed by atoms with van der Waals surface area (Å²) >= 11 is 12.0. The lowest BCUT2D eigenvalue weighted by atomic mass is 10.1. The van der Waals surface area contributed by atoms with E-state index in [-0.39, 0.29) is 6.42 Å². The smallest absolute Gasteiger partial charge is 0.303 e. The minimum atomic E-state index is -0.806. The van der Waals surface area contributed by atoms with Gasteiger partial charge in [0.1, 0.15) is 5.75 Å². The second-order valence-electron chi connectivity index (χ2n) is 3.97. The number of ether oxygens (including phenoxy) is 1. The molecule has 0 fully saturated rings. The Labute approximate surface area is 117 Å². The van der Waals surface area contributed by atoms with Crippen LogP contribution in [0.3, 0.4) is 0 Å². The Kier molecular flexibility index (Phi) is 6.30. The zero-order valence-corrected chi connectivity index (χ0v) is 11.7. The highest BCUT2D eigenvalue weighted by Crippen LogP contribution is 2.33. The Morgan fingerprint density at radius 2 is 2.11 bits per heavy atom. The van der Waals surface area contributed by atoms with Crippen molar-refractivity contribution >= 4 is 29.2 Å². The first kappa shape index (κ1) is 15.1. The van der Waals surface area contributed by atoms with Crippen molar-refractivity contribution in [2.45, 2.75) is 32.6 Å². The van der Waals surface area contributed by atoms with Crippen LogP contribution in [0.5, 0.6) is 5.75 Å². The zero-order chi connectivity index (χ0) is 13.5. The summed E-state index contributed by atoms with van der Waals surface area (Å²) in [4.78, 5) is 10.5. The van der Waals surface area contributed by atoms with Gasteiger partial charge in [-0.1, -0.05) is 30.1 Å². The SMILES string of the molecule is CCCOc1c(Cl)cc(Cl)cc1CCCC(=O)O. The number of carboxylic acids is 1. The van der Waals surface area contributed by atoms with Crippen molar-refractivity contribution in [2.75, 3.05) is 6.61 Å². The fourth-order valence-electron chi connectivity index (χ4n) is 1.60. The molecule has 0 aliphatic carbocycles. The van der Waals surface area contributed by atoms with Crippen LogP contribution in [0.15, 0.2) is 12.1 Å². The molecule has 18 heavy (non-hydrogen) atoms. The van der Waals surface area contributed by atoms with E-state index >= 15 is 0 Å². The number of rotatable bonds is 7. The molecule has 0 spiro atoms. The van der Waals surface area contributed by atoms with E-state index in [2.05, 4.69) is 0 Å². The standard InChI is InChI=1S/C13H16Cl2O3/c1-2-6-18-13-9(4-3-5-12(16)17)7-10(14)8-11(13)15/h7-8H,2-6H2,1H3,(H,16,17). The number of aliphatic carboxylic acids is 1. The lowest BCUT2D eigenvalue weighted by Crippen LogP contribution is -2.01. The Morgan fingerprint density at radius 1 is 1.39 bits per heavy atom. The summed E-state index contributed by atoms with van der Waals surface area (Å²) in [6.45, 7) is 2.58. The average Bonchev–Trinajstić information content (AvgIpc) is 2.27. The molecule has 0 atom stereocenters. The van der Waals surface area contributed by atoms with Gasteiger partial charge in [0.25, 0.3) is 0 Å². The van der Waals surface area contributed by atoms with Gasteiger partial charge >= 0.3 is 5.97 Å². The molecule has 0 aliphatic heterocycles. The number of carbonyl (C=O) groups is 1. The summed E-state index contributed by atoms with van der Waals surface area (Å²) in [7, 11) is 0. The van der Waals surface area contributed by atoms with E-state index in [1.807, 2.05) is 6.92 Å². The van der Waals surface area contributed by atoms with E-state index in [9.17, 15) is 4.79 Å². The normalized spacial score (nSPS) is 10.4. The number of benzene rings is 1. The maximum atomic E-state index is 10.5. The van der Waals surface area contributed by atoms with Crippen molar-refractivity contribution in [3.05, 3.63) is 27.7 Å². The molecule has 0 unspecified atom stereocenters. The van der Waals surface area contributed by atoms with Gasteiger partial charge in [-0.15, -0.1) is 0 Å². The molecule has 1 N–H and O–H groups in total. The number of carboxylic acid groups (broad SMARTS) is 1. The predicted molar refractivity (Wildman–Crippen MR) is 72.8 cm³/mol. The summed E-state index contributed by atoms with van der Waals surface area (Å²) in [6, 6.07) is 3.41. The van der Waals surface area contributed by atoms with Crippen LogP contribution in [0.2, 0.25) is 10.0 Å². The molecule has 0 aliphatic rings. The van der Waals surface area contributed by atoms with Gasteiger partial charge in [0.2, 0.25) is 0 Å². The van der Waals surface area contributed by atoms with Gasteiger partial charge in [-0.2, -0.15) is 0 Å². The van der Waals surface area contributed by atoms with Gasteiger partial charge in [0.15, 0.2) is 0 Å². The number of aryl methyl sites for hydroxylation is 1. The highest BCUT2D eigenvalue weighted by molar-refractivity contribution is 6.35. The molecule has 0 radical (unpaired) electrons. The fraction of sp³-hybridized carbons (Fsp3) is 0.462. The molecule has 1 aromatic rings. The monoisotopic (exact) mass is 290 g/mol. The van der Waals surface area contributed by atoms with Crippen molar-refractivity contribution in [3.63, 3.8) is 0 Å². The third-order valence-electron chi connectivity index (χ3n) is 2.37. The van der Waals surface area contributed by atoms with Crippen molar-refractivity contribution < 1.29 is 14.6 Å². The molecule has 0 bridgehead atoms. The maximum Gasteiger partial charge on any atom is 0.303 e. The number of hydrogen-bond acceptors (Lipinski definition) is 2. The van der Waals surface area contributed by atoms with Crippen LogP contribution in [0.1, 0.15) is 31.7 Å². The molecule has 0 amide bonds. The van der Waals surface area contributed by atoms with E-state index in [1.165, 1.54) is 0 Å². The topological polar surface area (TPSA) is 46.5 Å². The molecule has 5 heteroatoms. The Balaban J connectivity index is 2.81. The summed E-state index contributed by atoms with van der Waals surface area (Å²) in [6.07, 6.45) is 2.13. The quantitative estimate of drug-likeness (QED) is 0.819. The van der Waals surface area contributed by atoms with E-state index in [4.69, 9.17) is 33.0 Å². The van der Waals surface area contributed by atoms with Crippen LogP contribution in [-0.2, 0) is 11.2 Å². The van der Waals surface area contributed by atoms with Crippen LogP contribution in [0.4, 0.5) is 0 Å². The van der Waals surface area contributed by atoms with Gasteiger partial charge in [-0.05, 0) is 37.0 Å². The van der Waals surface area contributed by atoms with E-state index in [1.54, 1.807) is 12.1 Å². The average molecular weight is 291 g/mol. The summed E-state index contributed by atoms with van der Waals surface area (Å²) in [5.41, 5.74) is 0.863. The Hall–Kier alpha value is -0.930. The second-order valence-corrected chi connectivity index (χ2v) is 4.82. The Morgan fingerprint density at radius 3 is 2.72 bits per heavy atom. The molecular weight excluding hydrogens is 275 g/mol. The van der Waals surface area contributed by atoms with Crippen molar-refractivity contribution in [1.29, 1.82) is 0 Å². The summed E-state index contributed by atoms with van der Waals surface area (Å²) in [5.74, 6) is -0.188. The third kappa shape index (κ3) is 4.75. The molecule has 0 saturated carbocycles. The Bertz CT molecular complexity index is 419. The largest absolute Gasteiger partial charge is 0.492 e. The molecule has 100 valence electrons. The second kappa shape index (κ2) is 7.49. The molecule has 0 heterocycles. The predicted octanol–water partition coefficient (Wildman–Crippen LogP) is 4.19. The minimum Gasteiger partial charge on any atom is -0.492 e. The molecule has 1 rings (SSSR count). The van der Waals surface area contributed by atoms with Gasteiger partial charge < -0.3 is 9.84 Å². The van der Waals surface area contributed by atoms with E-state index in [0.717, 1.165) is 12.0 Å². The lowest BCUT2D eigenvalue weighted by molar-refractivity contribution is -0.137. The van der Waals surface area contributed by atoms with Gasteiger partial charge in [-0.3, -0.25) is 4.79 Å². The molecule has 0 aromatic heterocycles. The third-order valence-corrected chi connectivity index (χ3v) is 2.87. The fourth-order valence-corrected chi connectivity index (χ4v) is 2.19. The van der Waals surface area contributed by atoms with E-state index in [0.29, 0.717) is 35.2 Å². The van der Waals surface area contributed by atoms with Crippen molar-refractivity contribution in [2.24, 2.45) is 0 Å². The zero-order valence-electron chi connectivity index (χ0n) is 10.2. The molecule has 0 saturated heterocycles. The molecule has 3 nitrogen and oxygen atoms in total. The summed E-state index contributed by atoms with van der Waals surface area (Å²) < 4.78 is 5.59. The minimum absolute atomic E-state index is 0.122. The number of hydrogen-bond donors (Lipinski definition) is 1. The lowest BCUT2D eigenvalue weighted by Gasteiger charge is -2.13. The highest BCUT2D eigenvalue weighted by atomic mass is 35.5. The first-order chi connectivity index (χ1) is 8.54. The molecule has 1 aromatic carbocycles. The van der Waals surface area contributed by atoms with Crippen LogP contribution in [0.25, 0.3) is 0 Å². The first-order valence-corrected chi connectivity index (χ1v) is 6.62. The number of halogens is 2. The first-order valence-electron chi connectivity index (χ1n) is 5.87. The van der Waals surface area contributed by atoms with Crippen molar-refractivity contribution in [1.82, 2.24) is 0 Å². The van der Waals surface area contributed by atoms with Gasteiger partial charge in [0, 0.05) is 11.4 Å². The van der Waals surface area contributed by atoms with Crippen LogP contribution >= 0.6 is 23.2 Å². The van der Waals surface area contributed by atoms with Crippen LogP contribution in [0, 0.1) is 0 Å². The maximum absolute atomic E-state index is 10.5. The summed E-state index contributed by atoms with van der Waals surface area (Å²) in [5, 5.41) is 9.64. The van der Waals surface area contributed by atoms with Crippen LogP contribution in [-0.4, -0.2) is 17.7 Å². The van der Waals surface area contributed by atoms with Crippen LogP contribution < -0.4 is 4.74 Å².